The second kappa shape index (κ2) is 13.4. The number of nitrogens with zero attached hydrogens (tertiary/aromatic N) is 2. The van der Waals surface area contributed by atoms with Crippen LogP contribution in [0.2, 0.25) is 0 Å². The molecule has 1 aliphatic rings. The maximum atomic E-state index is 5.60. The highest BCUT2D eigenvalue weighted by molar-refractivity contribution is 5.80. The molecule has 0 spiro atoms. The standard InChI is InChI=1S/C22H38N4O2/c1-4-5-14-27-16-17-28-15-11-24-22(23-3)25-19(2)20-9-8-10-21(18-20)26-12-6-7-13-26/h8-10,18-19H,4-7,11-17H2,1-3H3,(H2,23,24,25). The Hall–Kier alpha value is -1.79. The van der Waals surface area contributed by atoms with Gasteiger partial charge in [-0.15, -0.1) is 0 Å². The van der Waals surface area contributed by atoms with Gasteiger partial charge in [0.15, 0.2) is 5.96 Å². The summed E-state index contributed by atoms with van der Waals surface area (Å²) in [4.78, 5) is 6.79. The molecule has 0 saturated carbocycles. The molecule has 1 aliphatic heterocycles. The van der Waals surface area contributed by atoms with Crippen LogP contribution in [0, 0.1) is 0 Å². The van der Waals surface area contributed by atoms with E-state index in [-0.39, 0.29) is 6.04 Å². The van der Waals surface area contributed by atoms with Crippen molar-refractivity contribution in [2.24, 2.45) is 4.99 Å². The van der Waals surface area contributed by atoms with Crippen molar-refractivity contribution in [1.82, 2.24) is 10.6 Å². The molecule has 1 aromatic rings. The first-order chi connectivity index (χ1) is 13.7. The van der Waals surface area contributed by atoms with Crippen LogP contribution < -0.4 is 15.5 Å². The smallest absolute Gasteiger partial charge is 0.191 e. The number of nitrogens with one attached hydrogen (secondary N) is 2. The maximum absolute atomic E-state index is 5.60. The van der Waals surface area contributed by atoms with Crippen LogP contribution in [0.3, 0.4) is 0 Å². The molecular formula is C22H38N4O2. The lowest BCUT2D eigenvalue weighted by Gasteiger charge is -2.22. The highest BCUT2D eigenvalue weighted by atomic mass is 16.5. The summed E-state index contributed by atoms with van der Waals surface area (Å²) in [6, 6.07) is 9.00. The van der Waals surface area contributed by atoms with Gasteiger partial charge < -0.3 is 25.0 Å². The molecule has 0 amide bonds. The highest BCUT2D eigenvalue weighted by Gasteiger charge is 2.14. The lowest BCUT2D eigenvalue weighted by Crippen LogP contribution is -2.40. The molecule has 0 radical (unpaired) electrons. The van der Waals surface area contributed by atoms with Crippen molar-refractivity contribution in [2.75, 3.05) is 58.0 Å². The second-order valence-corrected chi connectivity index (χ2v) is 7.23. The summed E-state index contributed by atoms with van der Waals surface area (Å²) in [6.07, 6.45) is 4.86. The molecule has 28 heavy (non-hydrogen) atoms. The third-order valence-corrected chi connectivity index (χ3v) is 4.97. The van der Waals surface area contributed by atoms with Crippen LogP contribution in [-0.4, -0.2) is 59.1 Å². The number of guanidine groups is 1. The number of benzene rings is 1. The van der Waals surface area contributed by atoms with Gasteiger partial charge in [0.05, 0.1) is 25.9 Å². The Morgan fingerprint density at radius 3 is 2.61 bits per heavy atom. The quantitative estimate of drug-likeness (QED) is 0.326. The Labute approximate surface area is 170 Å². The molecule has 1 aromatic carbocycles. The molecule has 0 aromatic heterocycles. The van der Waals surface area contributed by atoms with Gasteiger partial charge >= 0.3 is 0 Å². The van der Waals surface area contributed by atoms with Gasteiger partial charge in [-0.3, -0.25) is 4.99 Å². The molecule has 1 atom stereocenters. The van der Waals surface area contributed by atoms with Crippen LogP contribution in [-0.2, 0) is 9.47 Å². The molecule has 1 fully saturated rings. The number of hydrogen-bond acceptors (Lipinski definition) is 4. The van der Waals surface area contributed by atoms with Crippen molar-refractivity contribution in [3.8, 4) is 0 Å². The van der Waals surface area contributed by atoms with Crippen molar-refractivity contribution >= 4 is 11.6 Å². The fourth-order valence-electron chi connectivity index (χ4n) is 3.26. The van der Waals surface area contributed by atoms with E-state index < -0.39 is 0 Å². The lowest BCUT2D eigenvalue weighted by molar-refractivity contribution is 0.0487. The summed E-state index contributed by atoms with van der Waals surface area (Å²) >= 11 is 0. The van der Waals surface area contributed by atoms with Crippen LogP contribution in [0.25, 0.3) is 0 Å². The first kappa shape index (κ1) is 22.5. The second-order valence-electron chi connectivity index (χ2n) is 7.23. The number of rotatable bonds is 12. The van der Waals surface area contributed by atoms with Gasteiger partial charge in [0.25, 0.3) is 0 Å². The van der Waals surface area contributed by atoms with E-state index in [0.717, 1.165) is 45.0 Å². The van der Waals surface area contributed by atoms with Crippen molar-refractivity contribution in [3.63, 3.8) is 0 Å². The minimum absolute atomic E-state index is 0.182. The van der Waals surface area contributed by atoms with Gasteiger partial charge in [0.1, 0.15) is 0 Å². The number of unbranched alkanes of at least 4 members (excludes halogenated alkanes) is 1. The predicted molar refractivity (Wildman–Crippen MR) is 117 cm³/mol. The third kappa shape index (κ3) is 8.07. The Morgan fingerprint density at radius 1 is 1.14 bits per heavy atom. The van der Waals surface area contributed by atoms with E-state index in [1.54, 1.807) is 7.05 Å². The average molecular weight is 391 g/mol. The predicted octanol–water partition coefficient (Wildman–Crippen LogP) is 3.35. The molecule has 1 unspecified atom stereocenters. The monoisotopic (exact) mass is 390 g/mol. The van der Waals surface area contributed by atoms with Crippen molar-refractivity contribution < 1.29 is 9.47 Å². The summed E-state index contributed by atoms with van der Waals surface area (Å²) in [7, 11) is 1.80. The number of ether oxygens (including phenoxy) is 2. The summed E-state index contributed by atoms with van der Waals surface area (Å²) in [6.45, 7) is 10.1. The molecule has 1 heterocycles. The lowest BCUT2D eigenvalue weighted by atomic mass is 10.1. The molecule has 0 bridgehead atoms. The van der Waals surface area contributed by atoms with E-state index in [2.05, 4.69) is 58.6 Å². The zero-order valence-electron chi connectivity index (χ0n) is 17.9. The Kier molecular flexibility index (Phi) is 10.8. The normalized spacial score (nSPS) is 15.7. The number of anilines is 1. The fraction of sp³-hybridized carbons (Fsp3) is 0.682. The average Bonchev–Trinajstić information content (AvgIpc) is 3.26. The van der Waals surface area contributed by atoms with Gasteiger partial charge in [0, 0.05) is 39.0 Å². The van der Waals surface area contributed by atoms with Crippen molar-refractivity contribution in [1.29, 1.82) is 0 Å². The number of aliphatic imine (C=N–C) groups is 1. The van der Waals surface area contributed by atoms with Gasteiger partial charge in [0.2, 0.25) is 0 Å². The maximum Gasteiger partial charge on any atom is 0.191 e. The summed E-state index contributed by atoms with van der Waals surface area (Å²) in [5.74, 6) is 0.793. The molecule has 2 rings (SSSR count). The summed E-state index contributed by atoms with van der Waals surface area (Å²) in [5.41, 5.74) is 2.59. The molecule has 6 nitrogen and oxygen atoms in total. The van der Waals surface area contributed by atoms with E-state index in [1.165, 1.54) is 24.1 Å². The van der Waals surface area contributed by atoms with E-state index >= 15 is 0 Å². The Morgan fingerprint density at radius 2 is 1.89 bits per heavy atom. The number of hydrogen-bond donors (Lipinski definition) is 2. The molecule has 2 N–H and O–H groups in total. The van der Waals surface area contributed by atoms with Crippen LogP contribution in [0.5, 0.6) is 0 Å². The first-order valence-corrected chi connectivity index (χ1v) is 10.7. The van der Waals surface area contributed by atoms with E-state index in [1.807, 2.05) is 0 Å². The Bertz CT molecular complexity index is 573. The van der Waals surface area contributed by atoms with Gasteiger partial charge in [-0.1, -0.05) is 25.5 Å². The largest absolute Gasteiger partial charge is 0.379 e. The van der Waals surface area contributed by atoms with Crippen molar-refractivity contribution in [2.45, 2.75) is 45.6 Å². The topological polar surface area (TPSA) is 58.1 Å². The van der Waals surface area contributed by atoms with E-state index in [4.69, 9.17) is 9.47 Å². The zero-order valence-corrected chi connectivity index (χ0v) is 17.9. The van der Waals surface area contributed by atoms with Gasteiger partial charge in [-0.25, -0.2) is 0 Å². The van der Waals surface area contributed by atoms with E-state index in [9.17, 15) is 0 Å². The van der Waals surface area contributed by atoms with E-state index in [0.29, 0.717) is 19.8 Å². The molecule has 6 heteroatoms. The zero-order chi connectivity index (χ0) is 20.0. The summed E-state index contributed by atoms with van der Waals surface area (Å²) in [5, 5.41) is 6.78. The summed E-state index contributed by atoms with van der Waals surface area (Å²) < 4.78 is 11.1. The van der Waals surface area contributed by atoms with Gasteiger partial charge in [-0.2, -0.15) is 0 Å². The first-order valence-electron chi connectivity index (χ1n) is 10.7. The third-order valence-electron chi connectivity index (χ3n) is 4.97. The highest BCUT2D eigenvalue weighted by Crippen LogP contribution is 2.23. The Balaban J connectivity index is 1.67. The molecular weight excluding hydrogens is 352 g/mol. The minimum atomic E-state index is 0.182. The van der Waals surface area contributed by atoms with Crippen LogP contribution >= 0.6 is 0 Å². The molecule has 0 aliphatic carbocycles. The van der Waals surface area contributed by atoms with Crippen LogP contribution in [0.15, 0.2) is 29.3 Å². The van der Waals surface area contributed by atoms with Crippen LogP contribution in [0.1, 0.15) is 51.1 Å². The molecule has 1 saturated heterocycles. The van der Waals surface area contributed by atoms with Crippen LogP contribution in [0.4, 0.5) is 5.69 Å². The minimum Gasteiger partial charge on any atom is -0.379 e. The SMILES string of the molecule is CCCCOCCOCCNC(=NC)NC(C)c1cccc(N2CCCC2)c1. The van der Waals surface area contributed by atoms with Gasteiger partial charge in [-0.05, 0) is 43.9 Å². The van der Waals surface area contributed by atoms with Crippen molar-refractivity contribution in [3.05, 3.63) is 29.8 Å². The molecule has 158 valence electrons. The fourth-order valence-corrected chi connectivity index (χ4v) is 3.26.